The van der Waals surface area contributed by atoms with Crippen molar-refractivity contribution in [3.05, 3.63) is 129 Å². The zero-order valence-electron chi connectivity index (χ0n) is 22.1. The summed E-state index contributed by atoms with van der Waals surface area (Å²) >= 11 is 1.32. The summed E-state index contributed by atoms with van der Waals surface area (Å²) in [6.07, 6.45) is 0.190. The fraction of sp³-hybridized carbons (Fsp3) is 0.200. The lowest BCUT2D eigenvalue weighted by molar-refractivity contribution is -0.645. The summed E-state index contributed by atoms with van der Waals surface area (Å²) in [7, 11) is 0. The van der Waals surface area contributed by atoms with Crippen LogP contribution in [0.2, 0.25) is 0 Å². The Labute approximate surface area is 246 Å². The van der Waals surface area contributed by atoms with Crippen molar-refractivity contribution >= 4 is 23.4 Å². The predicted molar refractivity (Wildman–Crippen MR) is 145 cm³/mol. The summed E-state index contributed by atoms with van der Waals surface area (Å²) in [5.74, 6) is -12.4. The van der Waals surface area contributed by atoms with Gasteiger partial charge in [0.1, 0.15) is 5.56 Å². The van der Waals surface area contributed by atoms with Crippen molar-refractivity contribution in [2.45, 2.75) is 36.6 Å². The Bertz CT molecular complexity index is 1600. The van der Waals surface area contributed by atoms with E-state index in [1.54, 1.807) is 30.3 Å². The number of amides is 1. The van der Waals surface area contributed by atoms with Crippen molar-refractivity contribution in [2.75, 3.05) is 11.1 Å². The molecule has 0 spiro atoms. The normalized spacial score (nSPS) is 18.4. The van der Waals surface area contributed by atoms with Crippen molar-refractivity contribution < 1.29 is 46.1 Å². The largest absolute Gasteiger partial charge is 0.618 e. The van der Waals surface area contributed by atoms with E-state index >= 15 is 0 Å². The van der Waals surface area contributed by atoms with Gasteiger partial charge in [-0.2, -0.15) is 4.73 Å². The number of halogens is 5. The van der Waals surface area contributed by atoms with Crippen LogP contribution in [0.15, 0.2) is 78.0 Å². The summed E-state index contributed by atoms with van der Waals surface area (Å²) in [6, 6.07) is 18.1. The zero-order valence-corrected chi connectivity index (χ0v) is 22.9. The molecule has 5 rings (SSSR count). The lowest BCUT2D eigenvalue weighted by atomic mass is 10.0. The first-order valence-corrected chi connectivity index (χ1v) is 13.9. The van der Waals surface area contributed by atoms with Crippen LogP contribution in [0.1, 0.15) is 45.9 Å². The van der Waals surface area contributed by atoms with E-state index in [4.69, 9.17) is 9.47 Å². The van der Waals surface area contributed by atoms with Crippen LogP contribution in [0, 0.1) is 34.3 Å². The van der Waals surface area contributed by atoms with Gasteiger partial charge in [0, 0.05) is 35.6 Å². The molecule has 0 bridgehead atoms. The van der Waals surface area contributed by atoms with Gasteiger partial charge >= 0.3 is 0 Å². The summed E-state index contributed by atoms with van der Waals surface area (Å²) in [6.45, 7) is -0.115. The van der Waals surface area contributed by atoms with Gasteiger partial charge in [-0.15, -0.1) is 0 Å². The average Bonchev–Trinajstić information content (AvgIpc) is 3.03. The van der Waals surface area contributed by atoms with Gasteiger partial charge in [-0.05, 0) is 29.3 Å². The molecule has 0 radical (unpaired) electrons. The van der Waals surface area contributed by atoms with E-state index in [0.717, 1.165) is 15.9 Å². The lowest BCUT2D eigenvalue weighted by Crippen LogP contribution is -2.32. The number of anilines is 1. The number of aliphatic hydroxyl groups excluding tert-OH is 1. The second-order valence-electron chi connectivity index (χ2n) is 9.55. The van der Waals surface area contributed by atoms with Crippen LogP contribution in [-0.4, -0.2) is 22.9 Å². The third kappa shape index (κ3) is 6.64. The van der Waals surface area contributed by atoms with Crippen LogP contribution in [0.5, 0.6) is 0 Å². The molecule has 2 heterocycles. The highest BCUT2D eigenvalue weighted by Gasteiger charge is 2.33. The minimum Gasteiger partial charge on any atom is -0.618 e. The van der Waals surface area contributed by atoms with Gasteiger partial charge in [-0.1, -0.05) is 48.2 Å². The molecule has 4 aromatic rings. The van der Waals surface area contributed by atoms with Crippen molar-refractivity contribution in [1.82, 2.24) is 0 Å². The van der Waals surface area contributed by atoms with Gasteiger partial charge < -0.3 is 25.1 Å². The minimum absolute atomic E-state index is 0.0147. The van der Waals surface area contributed by atoms with E-state index in [9.17, 15) is 37.1 Å². The molecule has 2 N–H and O–H groups in total. The molecule has 224 valence electrons. The van der Waals surface area contributed by atoms with E-state index in [2.05, 4.69) is 5.32 Å². The minimum atomic E-state index is -2.36. The van der Waals surface area contributed by atoms with Crippen LogP contribution < -0.4 is 10.0 Å². The molecule has 7 nitrogen and oxygen atoms in total. The monoisotopic (exact) mass is 618 g/mol. The quantitative estimate of drug-likeness (QED) is 0.0620. The standard InChI is InChI=1S/C30H23F5N2O5S/c31-24-23(25(32)27(34)28(35)26(24)33)29(39)36-19-10-8-18(9-11-19)30-41-20(15-43-22-3-1-2-12-37(22)40)13-21(42-30)17-6-4-16(14-38)5-7-17/h1-12,20-21,30,38H,13-15H2,(H,36,39)/t20-,21+,30+/m1/s1. The van der Waals surface area contributed by atoms with Crippen LogP contribution in [-0.2, 0) is 16.1 Å². The van der Waals surface area contributed by atoms with Gasteiger partial charge in [0.05, 0.1) is 18.8 Å². The molecular formula is C30H23F5N2O5S. The number of carbonyl (C=O) groups excluding carboxylic acids is 1. The lowest BCUT2D eigenvalue weighted by Gasteiger charge is -2.36. The molecule has 0 aliphatic carbocycles. The molecule has 0 unspecified atom stereocenters. The van der Waals surface area contributed by atoms with Crippen molar-refractivity contribution in [3.63, 3.8) is 0 Å². The van der Waals surface area contributed by atoms with Crippen LogP contribution in [0.3, 0.4) is 0 Å². The second kappa shape index (κ2) is 13.1. The van der Waals surface area contributed by atoms with E-state index in [1.807, 2.05) is 12.1 Å². The maximum absolute atomic E-state index is 14.1. The smallest absolute Gasteiger partial charge is 0.261 e. The van der Waals surface area contributed by atoms with Gasteiger partial charge in [0.15, 0.2) is 35.8 Å². The zero-order chi connectivity index (χ0) is 30.7. The Morgan fingerprint density at radius 1 is 0.884 bits per heavy atom. The molecule has 3 aromatic carbocycles. The van der Waals surface area contributed by atoms with E-state index < -0.39 is 53.0 Å². The first-order valence-electron chi connectivity index (χ1n) is 12.9. The summed E-state index contributed by atoms with van der Waals surface area (Å²) in [4.78, 5) is 12.4. The molecule has 0 saturated carbocycles. The summed E-state index contributed by atoms with van der Waals surface area (Å²) in [5, 5.41) is 24.1. The van der Waals surface area contributed by atoms with E-state index in [-0.39, 0.29) is 18.4 Å². The molecule has 1 fully saturated rings. The molecule has 13 heteroatoms. The molecule has 1 aliphatic rings. The van der Waals surface area contributed by atoms with E-state index in [0.29, 0.717) is 22.8 Å². The Morgan fingerprint density at radius 3 is 2.14 bits per heavy atom. The predicted octanol–water partition coefficient (Wildman–Crippen LogP) is 6.10. The number of aliphatic hydroxyl groups is 1. The molecule has 1 aliphatic heterocycles. The Hall–Kier alpha value is -4.04. The highest BCUT2D eigenvalue weighted by Crippen LogP contribution is 2.39. The third-order valence-electron chi connectivity index (χ3n) is 6.70. The Morgan fingerprint density at radius 2 is 1.51 bits per heavy atom. The van der Waals surface area contributed by atoms with Crippen LogP contribution in [0.4, 0.5) is 27.6 Å². The maximum atomic E-state index is 14.1. The number of ether oxygens (including phenoxy) is 2. The molecule has 1 saturated heterocycles. The molecule has 1 aromatic heterocycles. The molecule has 43 heavy (non-hydrogen) atoms. The molecular weight excluding hydrogens is 595 g/mol. The number of benzene rings is 3. The maximum Gasteiger partial charge on any atom is 0.261 e. The number of carbonyl (C=O) groups is 1. The number of nitrogens with zero attached hydrogens (tertiary/aromatic N) is 1. The fourth-order valence-corrected chi connectivity index (χ4v) is 5.38. The SMILES string of the molecule is O=C(Nc1ccc([C@H]2O[C@@H](CSc3cccc[n+]3[O-])C[C@@H](c3ccc(CO)cc3)O2)cc1)c1c(F)c(F)c(F)c(F)c1F. The van der Waals surface area contributed by atoms with Crippen LogP contribution >= 0.6 is 11.8 Å². The number of rotatable bonds is 8. The van der Waals surface area contributed by atoms with Gasteiger partial charge in [-0.25, -0.2) is 22.0 Å². The number of hydrogen-bond acceptors (Lipinski definition) is 6. The number of aromatic nitrogens is 1. The second-order valence-corrected chi connectivity index (χ2v) is 10.6. The van der Waals surface area contributed by atoms with Gasteiger partial charge in [0.25, 0.3) is 10.9 Å². The van der Waals surface area contributed by atoms with Crippen molar-refractivity contribution in [2.24, 2.45) is 0 Å². The summed E-state index contributed by atoms with van der Waals surface area (Å²) < 4.78 is 81.8. The first kappa shape index (κ1) is 30.4. The Kier molecular flexibility index (Phi) is 9.25. The number of nitrogens with one attached hydrogen (secondary N) is 1. The Balaban J connectivity index is 1.34. The molecule has 3 atom stereocenters. The fourth-order valence-electron chi connectivity index (χ4n) is 4.45. The highest BCUT2D eigenvalue weighted by molar-refractivity contribution is 7.99. The number of hydrogen-bond donors (Lipinski definition) is 2. The topological polar surface area (TPSA) is 94.7 Å². The average molecular weight is 619 g/mol. The third-order valence-corrected chi connectivity index (χ3v) is 7.85. The number of pyridine rings is 1. The molecule has 1 amide bonds. The highest BCUT2D eigenvalue weighted by atomic mass is 32.2. The van der Waals surface area contributed by atoms with Gasteiger partial charge in [-0.3, -0.25) is 4.79 Å². The van der Waals surface area contributed by atoms with Crippen molar-refractivity contribution in [1.29, 1.82) is 0 Å². The van der Waals surface area contributed by atoms with Crippen LogP contribution in [0.25, 0.3) is 0 Å². The summed E-state index contributed by atoms with van der Waals surface area (Å²) in [5.41, 5.74) is 0.492. The number of thioether (sulfide) groups is 1. The van der Waals surface area contributed by atoms with E-state index in [1.165, 1.54) is 42.2 Å². The first-order chi connectivity index (χ1) is 20.7. The van der Waals surface area contributed by atoms with Gasteiger partial charge in [0.2, 0.25) is 5.82 Å². The van der Waals surface area contributed by atoms with Crippen molar-refractivity contribution in [3.8, 4) is 0 Å².